The van der Waals surface area contributed by atoms with Crippen molar-refractivity contribution in [3.05, 3.63) is 0 Å². The van der Waals surface area contributed by atoms with Crippen LogP contribution in [0.15, 0.2) is 9.98 Å². The van der Waals surface area contributed by atoms with Crippen LogP contribution in [-0.2, 0) is 9.59 Å². The van der Waals surface area contributed by atoms with Gasteiger partial charge in [0.25, 0.3) is 12.9 Å². The summed E-state index contributed by atoms with van der Waals surface area (Å²) in [6, 6.07) is 0. The van der Waals surface area contributed by atoms with Crippen LogP contribution in [0.1, 0.15) is 85.5 Å². The average molecular weight is 585 g/mol. The van der Waals surface area contributed by atoms with E-state index in [0.717, 1.165) is 45.2 Å². The van der Waals surface area contributed by atoms with Crippen molar-refractivity contribution in [3.63, 3.8) is 0 Å². The van der Waals surface area contributed by atoms with Gasteiger partial charge in [-0.3, -0.25) is 41.0 Å². The Labute approximate surface area is 246 Å². The van der Waals surface area contributed by atoms with Gasteiger partial charge in [-0.05, 0) is 31.1 Å². The molecule has 238 valence electrons. The molecule has 14 nitrogen and oxygen atoms in total. The largest absolute Gasteiger partial charge is 0.483 e. The first kappa shape index (κ1) is 39.6. The minimum atomic E-state index is -0.250. The van der Waals surface area contributed by atoms with Crippen LogP contribution in [0.2, 0.25) is 0 Å². The molecule has 1 aliphatic heterocycles. The summed E-state index contributed by atoms with van der Waals surface area (Å²) in [4.78, 5) is 29.6. The zero-order chi connectivity index (χ0) is 31.5. The molecule has 0 spiro atoms. The third-order valence-corrected chi connectivity index (χ3v) is 6.75. The van der Waals surface area contributed by atoms with Crippen LogP contribution < -0.4 is 22.1 Å². The predicted octanol–water partition coefficient (Wildman–Crippen LogP) is 2.51. The highest BCUT2D eigenvalue weighted by Crippen LogP contribution is 2.13. The maximum atomic E-state index is 8.43. The molecule has 0 saturated carbocycles. The first-order chi connectivity index (χ1) is 19.7. The van der Waals surface area contributed by atoms with Crippen LogP contribution >= 0.6 is 0 Å². The summed E-state index contributed by atoms with van der Waals surface area (Å²) >= 11 is 0. The third kappa shape index (κ3) is 20.9. The zero-order valence-electron chi connectivity index (χ0n) is 25.6. The molecule has 41 heavy (non-hydrogen) atoms. The summed E-state index contributed by atoms with van der Waals surface area (Å²) in [5.74, 6) is 2.19. The van der Waals surface area contributed by atoms with Gasteiger partial charge in [-0.2, -0.15) is 0 Å². The van der Waals surface area contributed by atoms with Gasteiger partial charge in [0, 0.05) is 39.3 Å². The Morgan fingerprint density at radius 3 is 1.41 bits per heavy atom. The monoisotopic (exact) mass is 584 g/mol. The van der Waals surface area contributed by atoms with Crippen LogP contribution in [-0.4, -0.2) is 96.1 Å². The molecule has 1 rings (SSSR count). The lowest BCUT2D eigenvalue weighted by atomic mass is 10.00. The molecule has 14 heteroatoms. The van der Waals surface area contributed by atoms with E-state index in [2.05, 4.69) is 48.3 Å². The molecule has 0 radical (unpaired) electrons. The van der Waals surface area contributed by atoms with Gasteiger partial charge in [-0.1, -0.05) is 66.2 Å². The molecule has 1 heterocycles. The first-order valence-electron chi connectivity index (χ1n) is 14.6. The smallest absolute Gasteiger partial charge is 0.290 e. The van der Waals surface area contributed by atoms with Crippen molar-refractivity contribution in [2.45, 2.75) is 85.5 Å². The van der Waals surface area contributed by atoms with Crippen molar-refractivity contribution in [2.24, 2.45) is 33.3 Å². The van der Waals surface area contributed by atoms with E-state index in [-0.39, 0.29) is 24.9 Å². The Kier molecular flexibility index (Phi) is 25.7. The van der Waals surface area contributed by atoms with Gasteiger partial charge in [0.15, 0.2) is 23.8 Å². The van der Waals surface area contributed by atoms with Crippen molar-refractivity contribution < 1.29 is 19.8 Å². The number of nitrogens with zero attached hydrogens (tertiary/aromatic N) is 4. The fourth-order valence-corrected chi connectivity index (χ4v) is 4.13. The normalized spacial score (nSPS) is 15.1. The first-order valence-corrected chi connectivity index (χ1v) is 14.6. The molecule has 0 aromatic rings. The molecule has 1 fully saturated rings. The van der Waals surface area contributed by atoms with E-state index in [4.69, 9.17) is 42.1 Å². The fourth-order valence-electron chi connectivity index (χ4n) is 4.13. The Morgan fingerprint density at radius 2 is 1.12 bits per heavy atom. The molecular formula is C27H56N10O4. The molecule has 0 amide bonds. The Hall–Kier alpha value is -3.58. The second kappa shape index (κ2) is 26.6. The standard InChI is InChI=1S/C25H52N10.2CH2O2/c1-5-9-12-20(7-3)18-30-22(26)32-24(28)34-14-11-15-35(17-16-34)25(29)33-23(27)31-19-21(8-4)13-10-6-2;2*2-1-3/h20-21H,5-19H2,1-4H3,(H4,26,28,30,32)(H4,27,29,31,33);2*1H,(H,2,3). The van der Waals surface area contributed by atoms with Crippen molar-refractivity contribution in [3.8, 4) is 0 Å². The number of rotatable bonds is 12. The lowest BCUT2D eigenvalue weighted by Crippen LogP contribution is -2.49. The summed E-state index contributed by atoms with van der Waals surface area (Å²) in [6.45, 7) is 12.3. The average Bonchev–Trinajstić information content (AvgIpc) is 3.21. The number of guanidine groups is 4. The molecule has 2 atom stereocenters. The van der Waals surface area contributed by atoms with Crippen LogP contribution in [0, 0.1) is 22.7 Å². The summed E-state index contributed by atoms with van der Waals surface area (Å²) in [7, 11) is 0. The highest BCUT2D eigenvalue weighted by atomic mass is 16.3. The van der Waals surface area contributed by atoms with E-state index in [1.807, 2.05) is 9.80 Å². The van der Waals surface area contributed by atoms with Crippen LogP contribution in [0.3, 0.4) is 0 Å². The molecule has 1 aliphatic rings. The Morgan fingerprint density at radius 1 is 0.780 bits per heavy atom. The molecule has 0 aromatic heterocycles. The number of nitrogens with one attached hydrogen (secondary N) is 4. The second-order valence-electron chi connectivity index (χ2n) is 9.77. The predicted molar refractivity (Wildman–Crippen MR) is 166 cm³/mol. The van der Waals surface area contributed by atoms with Gasteiger partial charge >= 0.3 is 0 Å². The Balaban J connectivity index is 0. The van der Waals surface area contributed by atoms with Crippen LogP contribution in [0.5, 0.6) is 0 Å². The molecule has 2 unspecified atom stereocenters. The number of hydrogen-bond donors (Lipinski definition) is 8. The van der Waals surface area contributed by atoms with Crippen molar-refractivity contribution in [1.82, 2.24) is 20.4 Å². The van der Waals surface area contributed by atoms with Crippen LogP contribution in [0.4, 0.5) is 0 Å². The quantitative estimate of drug-likeness (QED) is 0.0948. The number of nitrogens with two attached hydrogens (primary N) is 2. The van der Waals surface area contributed by atoms with E-state index in [0.29, 0.717) is 49.9 Å². The van der Waals surface area contributed by atoms with E-state index >= 15 is 0 Å². The summed E-state index contributed by atoms with van der Waals surface area (Å²) in [6.07, 6.45) is 10.1. The summed E-state index contributed by atoms with van der Waals surface area (Å²) in [5, 5.41) is 36.5. The lowest BCUT2D eigenvalue weighted by Gasteiger charge is -2.25. The minimum absolute atomic E-state index is 0.250. The van der Waals surface area contributed by atoms with E-state index in [1.165, 1.54) is 25.7 Å². The number of carboxylic acid groups (broad SMARTS) is 2. The van der Waals surface area contributed by atoms with Gasteiger partial charge in [0.2, 0.25) is 0 Å². The zero-order valence-corrected chi connectivity index (χ0v) is 25.6. The molecular weight excluding hydrogens is 528 g/mol. The van der Waals surface area contributed by atoms with Gasteiger partial charge in [0.05, 0.1) is 0 Å². The second-order valence-corrected chi connectivity index (χ2v) is 9.77. The molecule has 0 bridgehead atoms. The molecule has 1 saturated heterocycles. The SMILES string of the molecule is CCCCC(CC)CN=C(N)NC(=N)N1CCCN(C(=N)NC(N)=NCC(CC)CCCC)CC1.O=CO.O=CO. The molecule has 0 aliphatic carbocycles. The number of aliphatic imine (C=N–C) groups is 2. The number of unbranched alkanes of at least 4 members (excludes halogenated alkanes) is 2. The summed E-state index contributed by atoms with van der Waals surface area (Å²) in [5.41, 5.74) is 12.1. The van der Waals surface area contributed by atoms with E-state index in [9.17, 15) is 0 Å². The minimum Gasteiger partial charge on any atom is -0.483 e. The Bertz CT molecular complexity index is 717. The highest BCUT2D eigenvalue weighted by Gasteiger charge is 2.20. The van der Waals surface area contributed by atoms with Crippen LogP contribution in [0.25, 0.3) is 0 Å². The maximum absolute atomic E-state index is 8.43. The topological polar surface area (TPSA) is 230 Å². The van der Waals surface area contributed by atoms with E-state index in [1.54, 1.807) is 0 Å². The number of carbonyl (C=O) groups is 2. The van der Waals surface area contributed by atoms with Gasteiger partial charge in [0.1, 0.15) is 0 Å². The lowest BCUT2D eigenvalue weighted by molar-refractivity contribution is -0.123. The molecule has 10 N–H and O–H groups in total. The summed E-state index contributed by atoms with van der Waals surface area (Å²) < 4.78 is 0. The highest BCUT2D eigenvalue weighted by molar-refractivity contribution is 5.97. The van der Waals surface area contributed by atoms with Gasteiger partial charge in [-0.25, -0.2) is 0 Å². The number of hydrogen-bond acceptors (Lipinski definition) is 6. The third-order valence-electron chi connectivity index (χ3n) is 6.75. The maximum Gasteiger partial charge on any atom is 0.290 e. The van der Waals surface area contributed by atoms with Crippen molar-refractivity contribution in [2.75, 3.05) is 39.3 Å². The van der Waals surface area contributed by atoms with Crippen molar-refractivity contribution in [1.29, 1.82) is 10.8 Å². The van der Waals surface area contributed by atoms with Gasteiger partial charge < -0.3 is 31.5 Å². The fraction of sp³-hybridized carbons (Fsp3) is 0.778. The van der Waals surface area contributed by atoms with Gasteiger partial charge in [-0.15, -0.1) is 0 Å². The van der Waals surface area contributed by atoms with E-state index < -0.39 is 0 Å². The van der Waals surface area contributed by atoms with Crippen molar-refractivity contribution >= 4 is 36.8 Å². The molecule has 0 aromatic carbocycles.